The van der Waals surface area contributed by atoms with Crippen molar-refractivity contribution < 1.29 is 4.74 Å². The van der Waals surface area contributed by atoms with E-state index in [1.165, 1.54) is 82.6 Å². The lowest BCUT2D eigenvalue weighted by molar-refractivity contribution is 0.228. The Morgan fingerprint density at radius 3 is 2.00 bits per heavy atom. The van der Waals surface area contributed by atoms with Crippen LogP contribution >= 0.6 is 0 Å². The molecule has 0 aromatic heterocycles. The minimum Gasteiger partial charge on any atom is -0.494 e. The van der Waals surface area contributed by atoms with Gasteiger partial charge in [0.1, 0.15) is 5.75 Å². The van der Waals surface area contributed by atoms with Gasteiger partial charge in [0, 0.05) is 0 Å². The largest absolute Gasteiger partial charge is 0.494 e. The summed E-state index contributed by atoms with van der Waals surface area (Å²) in [5.41, 5.74) is 1.42. The second-order valence-electron chi connectivity index (χ2n) is 7.77. The molecule has 1 aliphatic carbocycles. The fourth-order valence-corrected chi connectivity index (χ4v) is 4.09. The Labute approximate surface area is 150 Å². The Kier molecular flexibility index (Phi) is 9.31. The number of unbranched alkanes of at least 4 members (excludes halogenated alkanes) is 2. The van der Waals surface area contributed by atoms with Crippen LogP contribution in [0, 0.1) is 11.8 Å². The summed E-state index contributed by atoms with van der Waals surface area (Å²) in [5, 5.41) is 0. The molecule has 0 N–H and O–H groups in total. The summed E-state index contributed by atoms with van der Waals surface area (Å²) in [7, 11) is 0. The van der Waals surface area contributed by atoms with Gasteiger partial charge in [-0.3, -0.25) is 0 Å². The first-order valence-electron chi connectivity index (χ1n) is 10.5. The van der Waals surface area contributed by atoms with Gasteiger partial charge in [-0.15, -0.1) is 0 Å². The van der Waals surface area contributed by atoms with Gasteiger partial charge in [-0.05, 0) is 48.8 Å². The van der Waals surface area contributed by atoms with Gasteiger partial charge in [0.2, 0.25) is 0 Å². The molecule has 136 valence electrons. The maximum atomic E-state index is 5.92. The molecule has 0 bridgehead atoms. The fourth-order valence-electron chi connectivity index (χ4n) is 4.09. The van der Waals surface area contributed by atoms with E-state index in [9.17, 15) is 0 Å². The van der Waals surface area contributed by atoms with Gasteiger partial charge in [-0.2, -0.15) is 0 Å². The summed E-state index contributed by atoms with van der Waals surface area (Å²) in [6, 6.07) is 8.68. The molecule has 1 heteroatoms. The molecule has 1 aromatic carbocycles. The van der Waals surface area contributed by atoms with E-state index in [1.54, 1.807) is 0 Å². The fraction of sp³-hybridized carbons (Fsp3) is 0.739. The molecule has 1 aliphatic rings. The van der Waals surface area contributed by atoms with E-state index in [2.05, 4.69) is 38.1 Å². The third-order valence-corrected chi connectivity index (χ3v) is 5.67. The molecule has 0 aliphatic heterocycles. The molecule has 1 fully saturated rings. The lowest BCUT2D eigenvalue weighted by Crippen LogP contribution is -2.15. The van der Waals surface area contributed by atoms with Crippen molar-refractivity contribution in [2.24, 2.45) is 11.8 Å². The van der Waals surface area contributed by atoms with Crippen LogP contribution < -0.4 is 4.74 Å². The maximum Gasteiger partial charge on any atom is 0.119 e. The Morgan fingerprint density at radius 1 is 0.792 bits per heavy atom. The quantitative estimate of drug-likeness (QED) is 0.390. The minimum atomic E-state index is 0.879. The van der Waals surface area contributed by atoms with Crippen molar-refractivity contribution in [3.8, 4) is 5.75 Å². The van der Waals surface area contributed by atoms with Crippen molar-refractivity contribution in [1.82, 2.24) is 0 Å². The van der Waals surface area contributed by atoms with Crippen LogP contribution in [0.4, 0.5) is 0 Å². The summed E-state index contributed by atoms with van der Waals surface area (Å²) in [4.78, 5) is 0. The lowest BCUT2D eigenvalue weighted by atomic mass is 9.78. The average molecular weight is 331 g/mol. The van der Waals surface area contributed by atoms with Gasteiger partial charge in [0.15, 0.2) is 0 Å². The molecular weight excluding hydrogens is 292 g/mol. The highest BCUT2D eigenvalue weighted by atomic mass is 16.5. The highest BCUT2D eigenvalue weighted by Gasteiger charge is 2.20. The van der Waals surface area contributed by atoms with Crippen LogP contribution in [-0.4, -0.2) is 6.61 Å². The van der Waals surface area contributed by atoms with Crippen LogP contribution in [0.5, 0.6) is 5.75 Å². The Hall–Kier alpha value is -0.980. The van der Waals surface area contributed by atoms with Gasteiger partial charge in [0.25, 0.3) is 0 Å². The molecule has 0 heterocycles. The summed E-state index contributed by atoms with van der Waals surface area (Å²) in [5.74, 6) is 3.03. The zero-order valence-corrected chi connectivity index (χ0v) is 16.1. The molecule has 24 heavy (non-hydrogen) atoms. The van der Waals surface area contributed by atoms with Gasteiger partial charge in [-0.1, -0.05) is 83.8 Å². The number of rotatable bonds is 11. The van der Waals surface area contributed by atoms with Crippen LogP contribution in [-0.2, 0) is 6.42 Å². The van der Waals surface area contributed by atoms with Gasteiger partial charge < -0.3 is 4.74 Å². The van der Waals surface area contributed by atoms with E-state index in [-0.39, 0.29) is 0 Å². The van der Waals surface area contributed by atoms with Crippen molar-refractivity contribution in [3.63, 3.8) is 0 Å². The molecule has 1 saturated carbocycles. The Bertz CT molecular complexity index is 414. The van der Waals surface area contributed by atoms with Crippen LogP contribution in [0.1, 0.15) is 90.0 Å². The maximum absolute atomic E-state index is 5.92. The zero-order valence-electron chi connectivity index (χ0n) is 16.1. The minimum absolute atomic E-state index is 0.879. The van der Waals surface area contributed by atoms with Gasteiger partial charge in [-0.25, -0.2) is 0 Å². The number of hydrogen-bond acceptors (Lipinski definition) is 1. The Morgan fingerprint density at radius 2 is 1.42 bits per heavy atom. The molecule has 2 rings (SSSR count). The van der Waals surface area contributed by atoms with E-state index in [1.807, 2.05) is 0 Å². The Balaban J connectivity index is 1.53. The average Bonchev–Trinajstić information content (AvgIpc) is 2.62. The van der Waals surface area contributed by atoms with Crippen molar-refractivity contribution in [2.45, 2.75) is 90.9 Å². The number of ether oxygens (including phenoxy) is 1. The second kappa shape index (κ2) is 11.6. The SMILES string of the molecule is CCCCCC1CCC(CCCOc2ccc(CCC)cc2)CC1. The molecule has 0 radical (unpaired) electrons. The van der Waals surface area contributed by atoms with E-state index in [0.29, 0.717) is 0 Å². The van der Waals surface area contributed by atoms with Crippen LogP contribution in [0.25, 0.3) is 0 Å². The number of hydrogen-bond donors (Lipinski definition) is 0. The molecule has 1 aromatic rings. The molecule has 0 saturated heterocycles. The van der Waals surface area contributed by atoms with E-state index in [4.69, 9.17) is 4.74 Å². The van der Waals surface area contributed by atoms with E-state index in [0.717, 1.165) is 24.2 Å². The van der Waals surface area contributed by atoms with Gasteiger partial charge >= 0.3 is 0 Å². The number of benzene rings is 1. The molecule has 0 unspecified atom stereocenters. The van der Waals surface area contributed by atoms with E-state index >= 15 is 0 Å². The van der Waals surface area contributed by atoms with Crippen molar-refractivity contribution in [3.05, 3.63) is 29.8 Å². The van der Waals surface area contributed by atoms with Crippen LogP contribution in [0.2, 0.25) is 0 Å². The smallest absolute Gasteiger partial charge is 0.119 e. The first-order valence-corrected chi connectivity index (χ1v) is 10.5. The first kappa shape index (κ1) is 19.3. The van der Waals surface area contributed by atoms with E-state index < -0.39 is 0 Å². The highest BCUT2D eigenvalue weighted by molar-refractivity contribution is 5.27. The molecule has 0 amide bonds. The third kappa shape index (κ3) is 7.28. The van der Waals surface area contributed by atoms with Crippen LogP contribution in [0.15, 0.2) is 24.3 Å². The summed E-state index contributed by atoms with van der Waals surface area (Å²) in [6.07, 6.45) is 16.6. The van der Waals surface area contributed by atoms with Crippen LogP contribution in [0.3, 0.4) is 0 Å². The van der Waals surface area contributed by atoms with Crippen molar-refractivity contribution >= 4 is 0 Å². The van der Waals surface area contributed by atoms with Crippen molar-refractivity contribution in [2.75, 3.05) is 6.61 Å². The summed E-state index contributed by atoms with van der Waals surface area (Å²) in [6.45, 7) is 5.41. The predicted molar refractivity (Wildman–Crippen MR) is 105 cm³/mol. The normalized spacial score (nSPS) is 20.9. The second-order valence-corrected chi connectivity index (χ2v) is 7.77. The highest BCUT2D eigenvalue weighted by Crippen LogP contribution is 2.34. The molecular formula is C23H38O. The standard InChI is InChI=1S/C23H38O/c1-3-5-6-9-21-11-13-22(14-12-21)10-7-19-24-23-17-15-20(8-4-2)16-18-23/h15-18,21-22H,3-14,19H2,1-2H3. The monoisotopic (exact) mass is 330 g/mol. The third-order valence-electron chi connectivity index (χ3n) is 5.67. The topological polar surface area (TPSA) is 9.23 Å². The summed E-state index contributed by atoms with van der Waals surface area (Å²) < 4.78 is 5.92. The number of aryl methyl sites for hydroxylation is 1. The molecule has 0 spiro atoms. The first-order chi connectivity index (χ1) is 11.8. The van der Waals surface area contributed by atoms with Gasteiger partial charge in [0.05, 0.1) is 6.61 Å². The summed E-state index contributed by atoms with van der Waals surface area (Å²) >= 11 is 0. The predicted octanol–water partition coefficient (Wildman–Crippen LogP) is 7.18. The van der Waals surface area contributed by atoms with Crippen molar-refractivity contribution in [1.29, 1.82) is 0 Å². The molecule has 0 atom stereocenters. The zero-order chi connectivity index (χ0) is 17.0. The molecule has 1 nitrogen and oxygen atoms in total. The lowest BCUT2D eigenvalue weighted by Gasteiger charge is -2.28.